The van der Waals surface area contributed by atoms with Crippen LogP contribution >= 0.6 is 0 Å². The predicted octanol–water partition coefficient (Wildman–Crippen LogP) is 2.78. The third-order valence-electron chi connectivity index (χ3n) is 5.05. The lowest BCUT2D eigenvalue weighted by atomic mass is 9.72. The van der Waals surface area contributed by atoms with Crippen LogP contribution in [-0.2, 0) is 0 Å². The topological polar surface area (TPSA) is 50.4 Å². The first-order chi connectivity index (χ1) is 8.70. The Morgan fingerprint density at radius 1 is 1.39 bits per heavy atom. The van der Waals surface area contributed by atoms with E-state index in [4.69, 9.17) is 5.73 Å². The molecule has 3 N–H and O–H groups in total. The van der Waals surface area contributed by atoms with E-state index >= 15 is 0 Å². The fourth-order valence-corrected chi connectivity index (χ4v) is 4.23. The van der Waals surface area contributed by atoms with Crippen molar-refractivity contribution < 1.29 is 0 Å². The van der Waals surface area contributed by atoms with Crippen LogP contribution < -0.4 is 11.1 Å². The molecule has 0 spiro atoms. The van der Waals surface area contributed by atoms with Crippen LogP contribution in [0.3, 0.4) is 0 Å². The molecule has 1 saturated carbocycles. The van der Waals surface area contributed by atoms with Crippen LogP contribution in [0.5, 0.6) is 0 Å². The Kier molecular flexibility index (Phi) is 3.08. The molecule has 0 bridgehead atoms. The summed E-state index contributed by atoms with van der Waals surface area (Å²) in [6.07, 6.45) is 7.73. The van der Waals surface area contributed by atoms with Gasteiger partial charge in [0.1, 0.15) is 0 Å². The number of guanidine groups is 1. The van der Waals surface area contributed by atoms with Crippen molar-refractivity contribution in [2.24, 2.45) is 28.5 Å². The zero-order valence-electron chi connectivity index (χ0n) is 11.6. The molecule has 18 heavy (non-hydrogen) atoms. The van der Waals surface area contributed by atoms with Crippen molar-refractivity contribution in [2.45, 2.75) is 58.4 Å². The molecular weight excluding hydrogens is 222 g/mol. The Morgan fingerprint density at radius 2 is 2.22 bits per heavy atom. The first-order valence-corrected chi connectivity index (χ1v) is 7.54. The molecule has 3 nitrogen and oxygen atoms in total. The Balaban J connectivity index is 1.96. The molecule has 1 fully saturated rings. The number of hydrogen-bond donors (Lipinski definition) is 2. The fourth-order valence-electron chi connectivity index (χ4n) is 4.23. The molecule has 1 aliphatic heterocycles. The predicted molar refractivity (Wildman–Crippen MR) is 75.1 cm³/mol. The Labute approximate surface area is 110 Å². The molecule has 0 aromatic heterocycles. The maximum Gasteiger partial charge on any atom is 0.193 e. The van der Waals surface area contributed by atoms with Crippen LogP contribution in [-0.4, -0.2) is 12.0 Å². The SMILES string of the molecule is CCCCC1=C2NC(N)=N[C@@H]3CC[C@H](C[C@H]1C)[C@@H]23. The lowest BCUT2D eigenvalue weighted by molar-refractivity contribution is 0.299. The van der Waals surface area contributed by atoms with E-state index in [1.54, 1.807) is 5.57 Å². The Morgan fingerprint density at radius 3 is 3.00 bits per heavy atom. The highest BCUT2D eigenvalue weighted by Gasteiger charge is 2.45. The molecule has 3 rings (SSSR count). The molecule has 0 aromatic carbocycles. The van der Waals surface area contributed by atoms with Gasteiger partial charge in [0.15, 0.2) is 5.96 Å². The van der Waals surface area contributed by atoms with Gasteiger partial charge in [-0.25, -0.2) is 4.99 Å². The molecule has 0 unspecified atom stereocenters. The monoisotopic (exact) mass is 247 g/mol. The molecule has 4 atom stereocenters. The van der Waals surface area contributed by atoms with Gasteiger partial charge in [0.05, 0.1) is 6.04 Å². The van der Waals surface area contributed by atoms with Crippen molar-refractivity contribution in [1.29, 1.82) is 0 Å². The highest BCUT2D eigenvalue weighted by atomic mass is 15.2. The summed E-state index contributed by atoms with van der Waals surface area (Å²) >= 11 is 0. The van der Waals surface area contributed by atoms with Gasteiger partial charge in [0.25, 0.3) is 0 Å². The molecule has 0 amide bonds. The third kappa shape index (κ3) is 1.84. The number of rotatable bonds is 3. The quantitative estimate of drug-likeness (QED) is 0.805. The van der Waals surface area contributed by atoms with Crippen LogP contribution in [0.2, 0.25) is 0 Å². The average molecular weight is 247 g/mol. The highest BCUT2D eigenvalue weighted by molar-refractivity contribution is 5.81. The smallest absolute Gasteiger partial charge is 0.193 e. The maximum absolute atomic E-state index is 5.97. The minimum atomic E-state index is 0.468. The molecule has 3 heteroatoms. The van der Waals surface area contributed by atoms with Crippen molar-refractivity contribution in [3.8, 4) is 0 Å². The van der Waals surface area contributed by atoms with E-state index in [9.17, 15) is 0 Å². The first-order valence-electron chi connectivity index (χ1n) is 7.54. The van der Waals surface area contributed by atoms with Gasteiger partial charge >= 0.3 is 0 Å². The standard InChI is InChI=1S/C15H25N3/c1-3-4-5-11-9(2)8-10-6-7-12-13(10)14(11)18-15(16)17-12/h9-10,12-13H,3-8H2,1-2H3,(H3,16,17,18)/t9-,10-,12-,13-/m1/s1. The largest absolute Gasteiger partial charge is 0.370 e. The van der Waals surface area contributed by atoms with E-state index < -0.39 is 0 Å². The lowest BCUT2D eigenvalue weighted by Gasteiger charge is -2.39. The number of nitrogens with one attached hydrogen (secondary N) is 1. The second-order valence-corrected chi connectivity index (χ2v) is 6.25. The van der Waals surface area contributed by atoms with E-state index in [0.717, 1.165) is 11.8 Å². The van der Waals surface area contributed by atoms with E-state index in [1.165, 1.54) is 44.2 Å². The second-order valence-electron chi connectivity index (χ2n) is 6.25. The molecule has 1 heterocycles. The number of hydrogen-bond acceptors (Lipinski definition) is 3. The number of nitrogens with zero attached hydrogens (tertiary/aromatic N) is 1. The zero-order valence-corrected chi connectivity index (χ0v) is 11.6. The summed E-state index contributed by atoms with van der Waals surface area (Å²) in [7, 11) is 0. The van der Waals surface area contributed by atoms with Gasteiger partial charge in [0, 0.05) is 11.6 Å². The van der Waals surface area contributed by atoms with Gasteiger partial charge in [-0.3, -0.25) is 0 Å². The van der Waals surface area contributed by atoms with Gasteiger partial charge in [-0.05, 0) is 49.5 Å². The number of allylic oxidation sites excluding steroid dienone is 1. The van der Waals surface area contributed by atoms with Crippen LogP contribution in [0.15, 0.2) is 16.3 Å². The first kappa shape index (κ1) is 12.1. The minimum Gasteiger partial charge on any atom is -0.370 e. The van der Waals surface area contributed by atoms with Crippen LogP contribution in [0, 0.1) is 17.8 Å². The van der Waals surface area contributed by atoms with Gasteiger partial charge < -0.3 is 11.1 Å². The number of unbranched alkanes of at least 4 members (excludes halogenated alkanes) is 1. The summed E-state index contributed by atoms with van der Waals surface area (Å²) in [5.41, 5.74) is 9.07. The molecule has 0 radical (unpaired) electrons. The summed E-state index contributed by atoms with van der Waals surface area (Å²) < 4.78 is 0. The van der Waals surface area contributed by atoms with E-state index in [1.807, 2.05) is 0 Å². The zero-order chi connectivity index (χ0) is 12.7. The van der Waals surface area contributed by atoms with Gasteiger partial charge in [-0.15, -0.1) is 0 Å². The van der Waals surface area contributed by atoms with Crippen molar-refractivity contribution in [3.05, 3.63) is 11.3 Å². The van der Waals surface area contributed by atoms with Gasteiger partial charge in [0.2, 0.25) is 0 Å². The molecule has 2 aliphatic carbocycles. The van der Waals surface area contributed by atoms with Crippen molar-refractivity contribution in [3.63, 3.8) is 0 Å². The highest BCUT2D eigenvalue weighted by Crippen LogP contribution is 2.49. The summed E-state index contributed by atoms with van der Waals surface area (Å²) in [6, 6.07) is 0.468. The summed E-state index contributed by atoms with van der Waals surface area (Å²) in [4.78, 5) is 4.62. The second kappa shape index (κ2) is 4.60. The number of nitrogens with two attached hydrogens (primary N) is 1. The fraction of sp³-hybridized carbons (Fsp3) is 0.800. The van der Waals surface area contributed by atoms with E-state index in [2.05, 4.69) is 24.2 Å². The Bertz CT molecular complexity index is 397. The molecule has 100 valence electrons. The van der Waals surface area contributed by atoms with Crippen molar-refractivity contribution >= 4 is 5.96 Å². The lowest BCUT2D eigenvalue weighted by Crippen LogP contribution is -2.45. The van der Waals surface area contributed by atoms with Crippen molar-refractivity contribution in [2.75, 3.05) is 0 Å². The van der Waals surface area contributed by atoms with Gasteiger partial charge in [-0.1, -0.05) is 20.3 Å². The Hall–Kier alpha value is -0.990. The normalized spacial score (nSPS) is 38.2. The van der Waals surface area contributed by atoms with E-state index in [-0.39, 0.29) is 0 Å². The summed E-state index contributed by atoms with van der Waals surface area (Å²) in [5.74, 6) is 2.87. The third-order valence-corrected chi connectivity index (χ3v) is 5.05. The van der Waals surface area contributed by atoms with Crippen LogP contribution in [0.4, 0.5) is 0 Å². The number of aliphatic imine (C=N–C) groups is 1. The summed E-state index contributed by atoms with van der Waals surface area (Å²) in [5, 5.41) is 3.42. The van der Waals surface area contributed by atoms with E-state index in [0.29, 0.717) is 17.9 Å². The van der Waals surface area contributed by atoms with Crippen LogP contribution in [0.1, 0.15) is 52.4 Å². The molecule has 3 aliphatic rings. The summed E-state index contributed by atoms with van der Waals surface area (Å²) in [6.45, 7) is 4.66. The van der Waals surface area contributed by atoms with Crippen molar-refractivity contribution in [1.82, 2.24) is 5.32 Å². The van der Waals surface area contributed by atoms with Crippen LogP contribution in [0.25, 0.3) is 0 Å². The maximum atomic E-state index is 5.97. The molecule has 0 saturated heterocycles. The van der Waals surface area contributed by atoms with Gasteiger partial charge in [-0.2, -0.15) is 0 Å². The molecular formula is C15H25N3. The molecule has 0 aromatic rings. The minimum absolute atomic E-state index is 0.468. The average Bonchev–Trinajstić information content (AvgIpc) is 2.72.